The smallest absolute Gasteiger partial charge is 0.241 e. The Bertz CT molecular complexity index is 408. The minimum Gasteiger partial charge on any atom is -0.383 e. The van der Waals surface area contributed by atoms with Crippen molar-refractivity contribution in [2.45, 2.75) is 19.0 Å². The van der Waals surface area contributed by atoms with Crippen molar-refractivity contribution in [3.8, 4) is 0 Å². The molecule has 18 heavy (non-hydrogen) atoms. The van der Waals surface area contributed by atoms with Crippen LogP contribution in [0.5, 0.6) is 0 Å². The summed E-state index contributed by atoms with van der Waals surface area (Å²) in [5, 5.41) is 3.56. The van der Waals surface area contributed by atoms with E-state index in [4.69, 9.17) is 5.73 Å². The number of nitrogens with two attached hydrogens (primary N) is 1. The van der Waals surface area contributed by atoms with Gasteiger partial charge in [0.15, 0.2) is 5.16 Å². The maximum absolute atomic E-state index is 11.8. The first-order valence-electron chi connectivity index (χ1n) is 5.80. The van der Waals surface area contributed by atoms with E-state index >= 15 is 0 Å². The Balaban J connectivity index is 2.63. The summed E-state index contributed by atoms with van der Waals surface area (Å²) in [5.41, 5.74) is 5.65. The van der Waals surface area contributed by atoms with E-state index in [1.165, 1.54) is 11.8 Å². The van der Waals surface area contributed by atoms with Crippen molar-refractivity contribution in [1.29, 1.82) is 0 Å². The Hall–Kier alpha value is -1.50. The van der Waals surface area contributed by atoms with Gasteiger partial charge in [-0.15, -0.1) is 0 Å². The lowest BCUT2D eigenvalue weighted by atomic mass is 10.4. The molecule has 1 aromatic heterocycles. The van der Waals surface area contributed by atoms with Gasteiger partial charge in [-0.1, -0.05) is 11.8 Å². The molecule has 3 N–H and O–H groups in total. The normalized spacial score (nSPS) is 10.2. The third kappa shape index (κ3) is 4.06. The highest BCUT2D eigenvalue weighted by atomic mass is 32.2. The standard InChI is InChI=1S/C11H19N5OS/c1-4-16(5-2)10(17)7-13-9-6-8(12)14-11(15-9)18-3/h6H,4-5,7H2,1-3H3,(H3,12,13,14,15). The molecular weight excluding hydrogens is 250 g/mol. The number of hydrogen-bond donors (Lipinski definition) is 2. The van der Waals surface area contributed by atoms with Crippen molar-refractivity contribution in [2.75, 3.05) is 36.9 Å². The lowest BCUT2D eigenvalue weighted by Crippen LogP contribution is -2.35. The summed E-state index contributed by atoms with van der Waals surface area (Å²) < 4.78 is 0. The maximum Gasteiger partial charge on any atom is 0.241 e. The van der Waals surface area contributed by atoms with Gasteiger partial charge in [-0.3, -0.25) is 4.79 Å². The number of rotatable bonds is 6. The van der Waals surface area contributed by atoms with Crippen LogP contribution in [-0.4, -0.2) is 46.7 Å². The molecule has 0 saturated heterocycles. The molecule has 0 unspecified atom stereocenters. The molecule has 1 amide bonds. The van der Waals surface area contributed by atoms with Crippen LogP contribution in [0, 0.1) is 0 Å². The highest BCUT2D eigenvalue weighted by molar-refractivity contribution is 7.98. The summed E-state index contributed by atoms with van der Waals surface area (Å²) >= 11 is 1.41. The van der Waals surface area contributed by atoms with Crippen LogP contribution in [0.4, 0.5) is 11.6 Å². The fourth-order valence-corrected chi connectivity index (χ4v) is 1.87. The van der Waals surface area contributed by atoms with Crippen LogP contribution < -0.4 is 11.1 Å². The zero-order valence-electron chi connectivity index (χ0n) is 10.9. The molecule has 0 aliphatic carbocycles. The van der Waals surface area contributed by atoms with Crippen LogP contribution in [0.15, 0.2) is 11.2 Å². The van der Waals surface area contributed by atoms with Crippen molar-refractivity contribution >= 4 is 29.3 Å². The second kappa shape index (κ2) is 7.05. The number of likely N-dealkylation sites (N-methyl/N-ethyl adjacent to an activating group) is 1. The Morgan fingerprint density at radius 2 is 2.11 bits per heavy atom. The Morgan fingerprint density at radius 1 is 1.44 bits per heavy atom. The monoisotopic (exact) mass is 269 g/mol. The molecular formula is C11H19N5OS. The molecule has 6 nitrogen and oxygen atoms in total. The minimum atomic E-state index is 0.0443. The third-order valence-corrected chi connectivity index (χ3v) is 2.99. The SMILES string of the molecule is CCN(CC)C(=O)CNc1cc(N)nc(SC)n1. The number of nitrogen functional groups attached to an aromatic ring is 1. The summed E-state index contributed by atoms with van der Waals surface area (Å²) in [4.78, 5) is 21.8. The van der Waals surface area contributed by atoms with E-state index in [-0.39, 0.29) is 12.5 Å². The maximum atomic E-state index is 11.8. The van der Waals surface area contributed by atoms with Crippen LogP contribution in [0.3, 0.4) is 0 Å². The molecule has 100 valence electrons. The second-order valence-corrected chi connectivity index (χ2v) is 4.36. The molecule has 1 aromatic rings. The van der Waals surface area contributed by atoms with Crippen LogP contribution in [-0.2, 0) is 4.79 Å². The van der Waals surface area contributed by atoms with E-state index in [0.717, 1.165) is 0 Å². The van der Waals surface area contributed by atoms with Crippen LogP contribution in [0.2, 0.25) is 0 Å². The molecule has 0 aliphatic heterocycles. The first-order valence-corrected chi connectivity index (χ1v) is 7.03. The summed E-state index contributed by atoms with van der Waals surface area (Å²) in [6, 6.07) is 1.62. The summed E-state index contributed by atoms with van der Waals surface area (Å²) in [6.45, 7) is 5.54. The predicted molar refractivity (Wildman–Crippen MR) is 74.6 cm³/mol. The first kappa shape index (κ1) is 14.6. The predicted octanol–water partition coefficient (Wildman–Crippen LogP) is 1.06. The van der Waals surface area contributed by atoms with Gasteiger partial charge in [-0.25, -0.2) is 9.97 Å². The zero-order chi connectivity index (χ0) is 13.5. The highest BCUT2D eigenvalue weighted by Gasteiger charge is 2.09. The summed E-state index contributed by atoms with van der Waals surface area (Å²) in [7, 11) is 0. The molecule has 0 aromatic carbocycles. The van der Waals surface area contributed by atoms with E-state index < -0.39 is 0 Å². The molecule has 1 rings (SSSR count). The molecule has 1 heterocycles. The topological polar surface area (TPSA) is 84.1 Å². The number of aromatic nitrogens is 2. The number of carbonyl (C=O) groups excluding carboxylic acids is 1. The Kier molecular flexibility index (Phi) is 5.70. The van der Waals surface area contributed by atoms with Crippen molar-refractivity contribution in [3.05, 3.63) is 6.07 Å². The fourth-order valence-electron chi connectivity index (χ4n) is 1.48. The number of carbonyl (C=O) groups is 1. The molecule has 0 radical (unpaired) electrons. The first-order chi connectivity index (χ1) is 8.60. The quantitative estimate of drug-likeness (QED) is 0.593. The Morgan fingerprint density at radius 3 is 2.67 bits per heavy atom. The van der Waals surface area contributed by atoms with Gasteiger partial charge < -0.3 is 16.0 Å². The van der Waals surface area contributed by atoms with Gasteiger partial charge in [-0.2, -0.15) is 0 Å². The van der Waals surface area contributed by atoms with Crippen LogP contribution >= 0.6 is 11.8 Å². The van der Waals surface area contributed by atoms with Crippen molar-refractivity contribution in [2.24, 2.45) is 0 Å². The van der Waals surface area contributed by atoms with Gasteiger partial charge in [0.2, 0.25) is 5.91 Å². The number of amides is 1. The number of hydrogen-bond acceptors (Lipinski definition) is 6. The van der Waals surface area contributed by atoms with Gasteiger partial charge in [0.25, 0.3) is 0 Å². The van der Waals surface area contributed by atoms with E-state index in [2.05, 4.69) is 15.3 Å². The largest absolute Gasteiger partial charge is 0.383 e. The summed E-state index contributed by atoms with van der Waals surface area (Å²) in [5.74, 6) is 1.02. The second-order valence-electron chi connectivity index (χ2n) is 3.58. The lowest BCUT2D eigenvalue weighted by molar-refractivity contribution is -0.128. The molecule has 0 spiro atoms. The summed E-state index contributed by atoms with van der Waals surface area (Å²) in [6.07, 6.45) is 1.87. The van der Waals surface area contributed by atoms with E-state index in [1.807, 2.05) is 20.1 Å². The van der Waals surface area contributed by atoms with Crippen LogP contribution in [0.25, 0.3) is 0 Å². The van der Waals surface area contributed by atoms with Crippen molar-refractivity contribution in [1.82, 2.24) is 14.9 Å². The number of nitrogens with one attached hydrogen (secondary N) is 1. The van der Waals surface area contributed by atoms with Gasteiger partial charge in [0.1, 0.15) is 11.6 Å². The number of anilines is 2. The fraction of sp³-hybridized carbons (Fsp3) is 0.545. The Labute approximate surface area is 111 Å². The highest BCUT2D eigenvalue weighted by Crippen LogP contribution is 2.14. The molecule has 0 atom stereocenters. The van der Waals surface area contributed by atoms with Gasteiger partial charge >= 0.3 is 0 Å². The van der Waals surface area contributed by atoms with E-state index in [1.54, 1.807) is 11.0 Å². The molecule has 0 saturated carbocycles. The number of thioether (sulfide) groups is 1. The van der Waals surface area contributed by atoms with Crippen LogP contribution in [0.1, 0.15) is 13.8 Å². The van der Waals surface area contributed by atoms with E-state index in [0.29, 0.717) is 29.9 Å². The zero-order valence-corrected chi connectivity index (χ0v) is 11.8. The molecule has 0 fully saturated rings. The van der Waals surface area contributed by atoms with Gasteiger partial charge in [0.05, 0.1) is 6.54 Å². The van der Waals surface area contributed by atoms with Crippen molar-refractivity contribution in [3.63, 3.8) is 0 Å². The minimum absolute atomic E-state index is 0.0443. The third-order valence-electron chi connectivity index (χ3n) is 2.44. The van der Waals surface area contributed by atoms with Crippen molar-refractivity contribution < 1.29 is 4.79 Å². The van der Waals surface area contributed by atoms with E-state index in [9.17, 15) is 4.79 Å². The van der Waals surface area contributed by atoms with Gasteiger partial charge in [0, 0.05) is 19.2 Å². The average Bonchev–Trinajstić information content (AvgIpc) is 2.37. The molecule has 0 bridgehead atoms. The lowest BCUT2D eigenvalue weighted by Gasteiger charge is -2.18. The molecule has 0 aliphatic rings. The number of nitrogens with zero attached hydrogens (tertiary/aromatic N) is 3. The molecule has 7 heteroatoms. The van der Waals surface area contributed by atoms with Gasteiger partial charge in [-0.05, 0) is 20.1 Å². The average molecular weight is 269 g/mol.